The lowest BCUT2D eigenvalue weighted by atomic mass is 9.71. The van der Waals surface area contributed by atoms with Gasteiger partial charge in [-0.1, -0.05) is 30.3 Å². The highest BCUT2D eigenvalue weighted by Gasteiger charge is 2.57. The number of likely N-dealkylation sites (tertiary alicyclic amines) is 2. The van der Waals surface area contributed by atoms with E-state index in [9.17, 15) is 13.6 Å². The van der Waals surface area contributed by atoms with Gasteiger partial charge in [-0.15, -0.1) is 0 Å². The average molecular weight is 423 g/mol. The van der Waals surface area contributed by atoms with Crippen LogP contribution < -0.4 is 0 Å². The molecule has 2 aliphatic heterocycles. The molecule has 160 valence electrons. The molecule has 0 radical (unpaired) electrons. The van der Waals surface area contributed by atoms with Crippen LogP contribution >= 0.6 is 0 Å². The van der Waals surface area contributed by atoms with Crippen LogP contribution in [0.1, 0.15) is 33.5 Å². The SMILES string of the molecule is Cc1nc(C2CN(Cc3ccccc3)CC23CN(C(=O)c2ccc(F)c(F)c2)C3)n[nH]1. The smallest absolute Gasteiger partial charge is 0.254 e. The molecule has 1 amide bonds. The first-order chi connectivity index (χ1) is 14.9. The highest BCUT2D eigenvalue weighted by Crippen LogP contribution is 2.49. The first-order valence-corrected chi connectivity index (χ1v) is 10.3. The Morgan fingerprint density at radius 1 is 1.13 bits per heavy atom. The first-order valence-electron chi connectivity index (χ1n) is 10.3. The Hall–Kier alpha value is -3.13. The largest absolute Gasteiger partial charge is 0.337 e. The Labute approximate surface area is 178 Å². The van der Waals surface area contributed by atoms with Crippen molar-refractivity contribution in [1.82, 2.24) is 25.0 Å². The summed E-state index contributed by atoms with van der Waals surface area (Å²) in [6.45, 7) is 5.39. The Morgan fingerprint density at radius 3 is 2.58 bits per heavy atom. The van der Waals surface area contributed by atoms with E-state index in [0.29, 0.717) is 13.1 Å². The van der Waals surface area contributed by atoms with Crippen LogP contribution in [0.25, 0.3) is 0 Å². The molecule has 5 rings (SSSR count). The zero-order valence-corrected chi connectivity index (χ0v) is 17.2. The number of hydrogen-bond acceptors (Lipinski definition) is 4. The summed E-state index contributed by atoms with van der Waals surface area (Å²) in [6.07, 6.45) is 0. The maximum absolute atomic E-state index is 13.6. The third-order valence-electron chi connectivity index (χ3n) is 6.36. The number of carbonyl (C=O) groups is 1. The molecule has 2 saturated heterocycles. The number of nitrogens with zero attached hydrogens (tertiary/aromatic N) is 4. The molecule has 1 aromatic heterocycles. The second kappa shape index (κ2) is 7.53. The van der Waals surface area contributed by atoms with E-state index in [2.05, 4.69) is 32.2 Å². The van der Waals surface area contributed by atoms with Crippen LogP contribution in [0, 0.1) is 24.0 Å². The number of aryl methyl sites for hydroxylation is 1. The van der Waals surface area contributed by atoms with Crippen LogP contribution in [0.2, 0.25) is 0 Å². The zero-order chi connectivity index (χ0) is 21.6. The minimum absolute atomic E-state index is 0.0927. The number of halogens is 2. The molecule has 0 saturated carbocycles. The van der Waals surface area contributed by atoms with E-state index in [1.54, 1.807) is 4.90 Å². The van der Waals surface area contributed by atoms with Crippen molar-refractivity contribution in [2.75, 3.05) is 26.2 Å². The van der Waals surface area contributed by atoms with Gasteiger partial charge in [-0.05, 0) is 30.7 Å². The van der Waals surface area contributed by atoms with Crippen molar-refractivity contribution >= 4 is 5.91 Å². The fraction of sp³-hybridized carbons (Fsp3) is 0.348. The number of benzene rings is 2. The summed E-state index contributed by atoms with van der Waals surface area (Å²) in [6, 6.07) is 13.6. The van der Waals surface area contributed by atoms with Crippen molar-refractivity contribution < 1.29 is 13.6 Å². The predicted molar refractivity (Wildman–Crippen MR) is 110 cm³/mol. The van der Waals surface area contributed by atoms with Crippen molar-refractivity contribution in [2.45, 2.75) is 19.4 Å². The Morgan fingerprint density at radius 2 is 1.90 bits per heavy atom. The van der Waals surface area contributed by atoms with Crippen LogP contribution in [0.4, 0.5) is 8.78 Å². The van der Waals surface area contributed by atoms with E-state index in [0.717, 1.165) is 43.4 Å². The number of H-pyrrole nitrogens is 1. The van der Waals surface area contributed by atoms with Crippen molar-refractivity contribution in [2.24, 2.45) is 5.41 Å². The first kappa shape index (κ1) is 19.8. The topological polar surface area (TPSA) is 65.1 Å². The molecule has 8 heteroatoms. The molecule has 2 aliphatic rings. The van der Waals surface area contributed by atoms with Gasteiger partial charge in [-0.2, -0.15) is 5.10 Å². The van der Waals surface area contributed by atoms with Gasteiger partial charge in [0.2, 0.25) is 0 Å². The van der Waals surface area contributed by atoms with Crippen LogP contribution in [-0.4, -0.2) is 57.1 Å². The Balaban J connectivity index is 1.35. The van der Waals surface area contributed by atoms with E-state index in [4.69, 9.17) is 0 Å². The van der Waals surface area contributed by atoms with E-state index in [-0.39, 0.29) is 22.8 Å². The molecule has 2 aromatic carbocycles. The molecular weight excluding hydrogens is 400 g/mol. The molecule has 2 fully saturated rings. The molecule has 31 heavy (non-hydrogen) atoms. The molecular formula is C23H23F2N5O. The standard InChI is InChI=1S/C23H23F2N5O/c1-15-26-21(28-27-15)18-11-29(10-16-5-3-2-4-6-16)12-23(18)13-30(14-23)22(31)17-7-8-19(24)20(25)9-17/h2-9,18H,10-14H2,1H3,(H,26,27,28). The van der Waals surface area contributed by atoms with Crippen molar-refractivity contribution in [3.63, 3.8) is 0 Å². The fourth-order valence-electron chi connectivity index (χ4n) is 4.89. The van der Waals surface area contributed by atoms with Gasteiger partial charge in [-0.25, -0.2) is 13.8 Å². The third-order valence-corrected chi connectivity index (χ3v) is 6.36. The van der Waals surface area contributed by atoms with Crippen LogP contribution in [0.3, 0.4) is 0 Å². The van der Waals surface area contributed by atoms with Gasteiger partial charge in [0, 0.05) is 49.6 Å². The molecule has 1 atom stereocenters. The lowest BCUT2D eigenvalue weighted by Gasteiger charge is -2.50. The molecule has 1 spiro atoms. The van der Waals surface area contributed by atoms with Gasteiger partial charge >= 0.3 is 0 Å². The minimum atomic E-state index is -1.01. The summed E-state index contributed by atoms with van der Waals surface area (Å²) in [5.41, 5.74) is 1.24. The fourth-order valence-corrected chi connectivity index (χ4v) is 4.89. The summed E-state index contributed by atoms with van der Waals surface area (Å²) >= 11 is 0. The van der Waals surface area contributed by atoms with Gasteiger partial charge in [0.15, 0.2) is 17.5 Å². The Kier molecular flexibility index (Phi) is 4.81. The van der Waals surface area contributed by atoms with Crippen LogP contribution in [0.15, 0.2) is 48.5 Å². The highest BCUT2D eigenvalue weighted by atomic mass is 19.2. The lowest BCUT2D eigenvalue weighted by Crippen LogP contribution is -2.61. The van der Waals surface area contributed by atoms with E-state index >= 15 is 0 Å². The molecule has 0 aliphatic carbocycles. The van der Waals surface area contributed by atoms with E-state index in [1.807, 2.05) is 25.1 Å². The summed E-state index contributed by atoms with van der Waals surface area (Å²) < 4.78 is 26.8. The minimum Gasteiger partial charge on any atom is -0.337 e. The highest BCUT2D eigenvalue weighted by molar-refractivity contribution is 5.95. The maximum Gasteiger partial charge on any atom is 0.254 e. The van der Waals surface area contributed by atoms with Crippen molar-refractivity contribution in [3.8, 4) is 0 Å². The summed E-state index contributed by atoms with van der Waals surface area (Å²) in [4.78, 5) is 21.5. The van der Waals surface area contributed by atoms with Crippen LogP contribution in [0.5, 0.6) is 0 Å². The molecule has 3 aromatic rings. The summed E-state index contributed by atoms with van der Waals surface area (Å²) in [5.74, 6) is -0.617. The van der Waals surface area contributed by atoms with Gasteiger partial charge in [0.25, 0.3) is 5.91 Å². The van der Waals surface area contributed by atoms with Gasteiger partial charge in [0.1, 0.15) is 5.82 Å². The number of rotatable bonds is 4. The molecule has 0 bridgehead atoms. The number of amides is 1. The third kappa shape index (κ3) is 3.61. The monoisotopic (exact) mass is 423 g/mol. The quantitative estimate of drug-likeness (QED) is 0.700. The number of aromatic nitrogens is 3. The molecule has 6 nitrogen and oxygen atoms in total. The van der Waals surface area contributed by atoms with E-state index < -0.39 is 11.6 Å². The number of nitrogens with one attached hydrogen (secondary N) is 1. The predicted octanol–water partition coefficient (Wildman–Crippen LogP) is 3.13. The normalized spacial score (nSPS) is 20.2. The van der Waals surface area contributed by atoms with Crippen LogP contribution in [-0.2, 0) is 6.54 Å². The molecule has 1 unspecified atom stereocenters. The summed E-state index contributed by atoms with van der Waals surface area (Å²) in [5, 5.41) is 7.34. The molecule has 3 heterocycles. The Bertz CT molecular complexity index is 1110. The average Bonchev–Trinajstić information content (AvgIpc) is 3.33. The number of aromatic amines is 1. The number of carbonyl (C=O) groups excluding carboxylic acids is 1. The summed E-state index contributed by atoms with van der Waals surface area (Å²) in [7, 11) is 0. The second-order valence-electron chi connectivity index (χ2n) is 8.64. The van der Waals surface area contributed by atoms with Gasteiger partial charge in [-0.3, -0.25) is 14.8 Å². The van der Waals surface area contributed by atoms with E-state index in [1.165, 1.54) is 11.6 Å². The van der Waals surface area contributed by atoms with Gasteiger partial charge in [0.05, 0.1) is 0 Å². The lowest BCUT2D eigenvalue weighted by molar-refractivity contribution is 0.00176. The van der Waals surface area contributed by atoms with Gasteiger partial charge < -0.3 is 4.90 Å². The molecule has 1 N–H and O–H groups in total. The zero-order valence-electron chi connectivity index (χ0n) is 17.2. The van der Waals surface area contributed by atoms with Crippen molar-refractivity contribution in [3.05, 3.63) is 82.9 Å². The van der Waals surface area contributed by atoms with Crippen molar-refractivity contribution in [1.29, 1.82) is 0 Å². The maximum atomic E-state index is 13.6. The number of hydrogen-bond donors (Lipinski definition) is 1. The second-order valence-corrected chi connectivity index (χ2v) is 8.64.